The average molecular weight is 301 g/mol. The van der Waals surface area contributed by atoms with Gasteiger partial charge in [-0.25, -0.2) is 4.68 Å². The summed E-state index contributed by atoms with van der Waals surface area (Å²) in [6.45, 7) is 4.48. The molecule has 2 aromatic rings. The maximum atomic E-state index is 12.4. The molecule has 1 heterocycles. The molecule has 1 aromatic heterocycles. The Labute approximate surface area is 129 Å². The lowest BCUT2D eigenvalue weighted by molar-refractivity contribution is -0.137. The van der Waals surface area contributed by atoms with Gasteiger partial charge in [-0.05, 0) is 44.2 Å². The number of hydrogen-bond acceptors (Lipinski definition) is 3. The van der Waals surface area contributed by atoms with Gasteiger partial charge in [-0.1, -0.05) is 0 Å². The van der Waals surface area contributed by atoms with Crippen molar-refractivity contribution in [1.82, 2.24) is 14.7 Å². The first-order chi connectivity index (χ1) is 10.5. The molecule has 0 aliphatic carbocycles. The second-order valence-corrected chi connectivity index (χ2v) is 4.96. The first-order valence-electron chi connectivity index (χ1n) is 7.15. The Morgan fingerprint density at radius 2 is 1.91 bits per heavy atom. The summed E-state index contributed by atoms with van der Waals surface area (Å²) < 4.78 is 1.79. The van der Waals surface area contributed by atoms with Gasteiger partial charge in [0.15, 0.2) is 0 Å². The highest BCUT2D eigenvalue weighted by atomic mass is 16.4. The number of carboxylic acid groups (broad SMARTS) is 1. The predicted molar refractivity (Wildman–Crippen MR) is 82.1 cm³/mol. The van der Waals surface area contributed by atoms with Crippen LogP contribution in [0.15, 0.2) is 36.5 Å². The lowest BCUT2D eigenvalue weighted by Crippen LogP contribution is -2.32. The van der Waals surface area contributed by atoms with Crippen LogP contribution in [-0.2, 0) is 4.79 Å². The van der Waals surface area contributed by atoms with E-state index in [1.54, 1.807) is 23.0 Å². The summed E-state index contributed by atoms with van der Waals surface area (Å²) in [5.74, 6) is -1.07. The fraction of sp³-hybridized carbons (Fsp3) is 0.312. The summed E-state index contributed by atoms with van der Waals surface area (Å²) in [5.41, 5.74) is 2.43. The SMILES string of the molecule is CCN(CCC(=O)O)C(=O)c1ccc(-n2nccc2C)cc1. The van der Waals surface area contributed by atoms with E-state index in [4.69, 9.17) is 5.11 Å². The minimum atomic E-state index is -0.907. The zero-order valence-electron chi connectivity index (χ0n) is 12.7. The maximum absolute atomic E-state index is 12.4. The van der Waals surface area contributed by atoms with Gasteiger partial charge in [0.25, 0.3) is 5.91 Å². The summed E-state index contributed by atoms with van der Waals surface area (Å²) in [4.78, 5) is 24.5. The van der Waals surface area contributed by atoms with Gasteiger partial charge in [-0.2, -0.15) is 5.10 Å². The van der Waals surface area contributed by atoms with Crippen molar-refractivity contribution in [2.24, 2.45) is 0 Å². The molecule has 6 heteroatoms. The Hall–Kier alpha value is -2.63. The molecule has 1 aromatic carbocycles. The molecule has 116 valence electrons. The number of carbonyl (C=O) groups is 2. The zero-order chi connectivity index (χ0) is 16.1. The number of amides is 1. The molecule has 0 fully saturated rings. The molecule has 0 radical (unpaired) electrons. The highest BCUT2D eigenvalue weighted by molar-refractivity contribution is 5.94. The average Bonchev–Trinajstić information content (AvgIpc) is 2.93. The Kier molecular flexibility index (Phi) is 4.93. The van der Waals surface area contributed by atoms with Crippen LogP contribution in [0, 0.1) is 6.92 Å². The van der Waals surface area contributed by atoms with Gasteiger partial charge in [-0.3, -0.25) is 9.59 Å². The highest BCUT2D eigenvalue weighted by Gasteiger charge is 2.15. The fourth-order valence-corrected chi connectivity index (χ4v) is 2.20. The van der Waals surface area contributed by atoms with E-state index >= 15 is 0 Å². The van der Waals surface area contributed by atoms with E-state index in [9.17, 15) is 9.59 Å². The van der Waals surface area contributed by atoms with Crippen LogP contribution in [0.4, 0.5) is 0 Å². The van der Waals surface area contributed by atoms with Gasteiger partial charge in [0.1, 0.15) is 0 Å². The van der Waals surface area contributed by atoms with E-state index in [-0.39, 0.29) is 18.9 Å². The minimum Gasteiger partial charge on any atom is -0.481 e. The second kappa shape index (κ2) is 6.89. The van der Waals surface area contributed by atoms with E-state index in [1.807, 2.05) is 32.0 Å². The smallest absolute Gasteiger partial charge is 0.305 e. The quantitative estimate of drug-likeness (QED) is 0.886. The molecule has 0 spiro atoms. The molecule has 0 saturated carbocycles. The molecule has 22 heavy (non-hydrogen) atoms. The van der Waals surface area contributed by atoms with Crippen LogP contribution in [-0.4, -0.2) is 44.8 Å². The second-order valence-electron chi connectivity index (χ2n) is 4.96. The van der Waals surface area contributed by atoms with Crippen LogP contribution in [0.3, 0.4) is 0 Å². The van der Waals surface area contributed by atoms with Crippen molar-refractivity contribution in [2.75, 3.05) is 13.1 Å². The Balaban J connectivity index is 2.13. The van der Waals surface area contributed by atoms with Crippen LogP contribution in [0.25, 0.3) is 5.69 Å². The molecule has 0 aliphatic heterocycles. The van der Waals surface area contributed by atoms with Crippen molar-refractivity contribution in [3.05, 3.63) is 47.8 Å². The van der Waals surface area contributed by atoms with E-state index in [2.05, 4.69) is 5.10 Å². The fourth-order valence-electron chi connectivity index (χ4n) is 2.20. The maximum Gasteiger partial charge on any atom is 0.305 e. The van der Waals surface area contributed by atoms with E-state index < -0.39 is 5.97 Å². The molecular formula is C16H19N3O3. The third kappa shape index (κ3) is 3.52. The van der Waals surface area contributed by atoms with Crippen LogP contribution < -0.4 is 0 Å². The van der Waals surface area contributed by atoms with E-state index in [0.29, 0.717) is 12.1 Å². The van der Waals surface area contributed by atoms with Crippen molar-refractivity contribution in [3.8, 4) is 5.69 Å². The van der Waals surface area contributed by atoms with Gasteiger partial charge in [-0.15, -0.1) is 0 Å². The van der Waals surface area contributed by atoms with Crippen LogP contribution >= 0.6 is 0 Å². The van der Waals surface area contributed by atoms with Crippen molar-refractivity contribution < 1.29 is 14.7 Å². The number of nitrogens with zero attached hydrogens (tertiary/aromatic N) is 3. The lowest BCUT2D eigenvalue weighted by atomic mass is 10.1. The van der Waals surface area contributed by atoms with Crippen LogP contribution in [0.1, 0.15) is 29.4 Å². The molecule has 0 bridgehead atoms. The van der Waals surface area contributed by atoms with Gasteiger partial charge in [0.2, 0.25) is 0 Å². The molecule has 0 aliphatic rings. The lowest BCUT2D eigenvalue weighted by Gasteiger charge is -2.20. The third-order valence-electron chi connectivity index (χ3n) is 3.46. The summed E-state index contributed by atoms with van der Waals surface area (Å²) >= 11 is 0. The molecule has 0 unspecified atom stereocenters. The number of hydrogen-bond donors (Lipinski definition) is 1. The zero-order valence-corrected chi connectivity index (χ0v) is 12.7. The third-order valence-corrected chi connectivity index (χ3v) is 3.46. The highest BCUT2D eigenvalue weighted by Crippen LogP contribution is 2.13. The Morgan fingerprint density at radius 3 is 2.41 bits per heavy atom. The van der Waals surface area contributed by atoms with Gasteiger partial charge >= 0.3 is 5.97 Å². The summed E-state index contributed by atoms with van der Waals surface area (Å²) in [6, 6.07) is 9.05. The molecule has 0 saturated heterocycles. The van der Waals surface area contributed by atoms with Crippen LogP contribution in [0.2, 0.25) is 0 Å². The van der Waals surface area contributed by atoms with Crippen molar-refractivity contribution in [2.45, 2.75) is 20.3 Å². The monoisotopic (exact) mass is 301 g/mol. The predicted octanol–water partition coefficient (Wildman–Crippen LogP) is 2.12. The molecular weight excluding hydrogens is 282 g/mol. The van der Waals surface area contributed by atoms with E-state index in [0.717, 1.165) is 11.4 Å². The van der Waals surface area contributed by atoms with Gasteiger partial charge in [0, 0.05) is 30.5 Å². The summed E-state index contributed by atoms with van der Waals surface area (Å²) in [5, 5.41) is 12.9. The van der Waals surface area contributed by atoms with Crippen molar-refractivity contribution in [3.63, 3.8) is 0 Å². The van der Waals surface area contributed by atoms with Gasteiger partial charge < -0.3 is 10.0 Å². The first kappa shape index (κ1) is 15.8. The number of aliphatic carboxylic acids is 1. The van der Waals surface area contributed by atoms with Crippen molar-refractivity contribution >= 4 is 11.9 Å². The number of aromatic nitrogens is 2. The molecule has 0 atom stereocenters. The van der Waals surface area contributed by atoms with E-state index in [1.165, 1.54) is 4.90 Å². The molecule has 1 N–H and O–H groups in total. The standard InChI is InChI=1S/C16H19N3O3/c1-3-18(11-9-15(20)21)16(22)13-4-6-14(7-5-13)19-12(2)8-10-17-19/h4-8,10H,3,9,11H2,1-2H3,(H,20,21). The summed E-state index contributed by atoms with van der Waals surface area (Å²) in [6.07, 6.45) is 1.67. The molecule has 1 amide bonds. The minimum absolute atomic E-state index is 0.0514. The number of rotatable bonds is 6. The number of carbonyl (C=O) groups excluding carboxylic acids is 1. The van der Waals surface area contributed by atoms with Crippen molar-refractivity contribution in [1.29, 1.82) is 0 Å². The largest absolute Gasteiger partial charge is 0.481 e. The number of aryl methyl sites for hydroxylation is 1. The first-order valence-corrected chi connectivity index (χ1v) is 7.15. The molecule has 2 rings (SSSR count). The number of benzene rings is 1. The Bertz CT molecular complexity index is 662. The summed E-state index contributed by atoms with van der Waals surface area (Å²) in [7, 11) is 0. The van der Waals surface area contributed by atoms with Gasteiger partial charge in [0.05, 0.1) is 12.1 Å². The normalized spacial score (nSPS) is 10.5. The molecule has 6 nitrogen and oxygen atoms in total. The Morgan fingerprint density at radius 1 is 1.23 bits per heavy atom. The topological polar surface area (TPSA) is 75.4 Å². The van der Waals surface area contributed by atoms with Crippen LogP contribution in [0.5, 0.6) is 0 Å². The number of carboxylic acids is 1.